The molecular formula is C24H28N4O. The minimum Gasteiger partial charge on any atom is -0.373 e. The number of rotatable bonds is 6. The molecule has 0 radical (unpaired) electrons. The summed E-state index contributed by atoms with van der Waals surface area (Å²) in [5.41, 5.74) is 4.15. The number of likely N-dealkylation sites (N-methyl/N-ethyl adjacent to an activating group) is 1. The highest BCUT2D eigenvalue weighted by Crippen LogP contribution is 2.22. The van der Waals surface area contributed by atoms with E-state index in [0.29, 0.717) is 11.4 Å². The number of aromatic nitrogens is 2. The second kappa shape index (κ2) is 8.86. The van der Waals surface area contributed by atoms with Crippen molar-refractivity contribution in [3.63, 3.8) is 0 Å². The van der Waals surface area contributed by atoms with Crippen molar-refractivity contribution in [2.24, 2.45) is 0 Å². The van der Waals surface area contributed by atoms with Crippen LogP contribution in [-0.2, 0) is 11.8 Å². The summed E-state index contributed by atoms with van der Waals surface area (Å²) in [5, 5.41) is 2.86. The molecular weight excluding hydrogens is 360 g/mol. The number of carbonyl (C=O) groups is 1. The van der Waals surface area contributed by atoms with Gasteiger partial charge in [-0.1, -0.05) is 32.9 Å². The minimum absolute atomic E-state index is 0.0653. The molecule has 29 heavy (non-hydrogen) atoms. The average Bonchev–Trinajstić information content (AvgIpc) is 2.73. The summed E-state index contributed by atoms with van der Waals surface area (Å²) in [4.78, 5) is 23.1. The van der Waals surface area contributed by atoms with Gasteiger partial charge in [-0.15, -0.1) is 0 Å². The molecule has 0 unspecified atom stereocenters. The van der Waals surface area contributed by atoms with Crippen molar-refractivity contribution in [3.8, 4) is 0 Å². The second-order valence-electron chi connectivity index (χ2n) is 8.21. The summed E-state index contributed by atoms with van der Waals surface area (Å²) >= 11 is 0. The Morgan fingerprint density at radius 1 is 1.00 bits per heavy atom. The maximum atomic E-state index is 12.5. The Labute approximate surface area is 172 Å². The van der Waals surface area contributed by atoms with Gasteiger partial charge >= 0.3 is 0 Å². The van der Waals surface area contributed by atoms with Crippen LogP contribution in [-0.4, -0.2) is 29.5 Å². The van der Waals surface area contributed by atoms with Gasteiger partial charge in [0.25, 0.3) is 5.91 Å². The highest BCUT2D eigenvalue weighted by atomic mass is 16.1. The van der Waals surface area contributed by atoms with Gasteiger partial charge in [-0.05, 0) is 59.4 Å². The number of amides is 1. The summed E-state index contributed by atoms with van der Waals surface area (Å²) in [6.45, 7) is 7.34. The molecule has 0 fully saturated rings. The van der Waals surface area contributed by atoms with E-state index in [4.69, 9.17) is 0 Å². The van der Waals surface area contributed by atoms with Gasteiger partial charge in [0.05, 0.1) is 11.9 Å². The van der Waals surface area contributed by atoms with Crippen molar-refractivity contribution in [1.29, 1.82) is 0 Å². The third-order valence-corrected chi connectivity index (χ3v) is 4.93. The van der Waals surface area contributed by atoms with E-state index >= 15 is 0 Å². The average molecular weight is 389 g/mol. The first-order valence-electron chi connectivity index (χ1n) is 9.81. The first-order valence-corrected chi connectivity index (χ1v) is 9.81. The van der Waals surface area contributed by atoms with Gasteiger partial charge in [0.15, 0.2) is 0 Å². The molecule has 0 aliphatic heterocycles. The zero-order valence-corrected chi connectivity index (χ0v) is 17.5. The molecule has 0 atom stereocenters. The van der Waals surface area contributed by atoms with Crippen LogP contribution in [0.1, 0.15) is 42.3 Å². The van der Waals surface area contributed by atoms with Gasteiger partial charge in [-0.25, -0.2) is 4.98 Å². The number of hydrogen-bond acceptors (Lipinski definition) is 4. The van der Waals surface area contributed by atoms with Crippen LogP contribution < -0.4 is 10.2 Å². The van der Waals surface area contributed by atoms with E-state index in [1.54, 1.807) is 6.20 Å². The van der Waals surface area contributed by atoms with Crippen LogP contribution >= 0.6 is 0 Å². The topological polar surface area (TPSA) is 58.1 Å². The SMILES string of the molecule is CN(CCc1ccncc1)c1ccc(NC(=O)c2ccc(C(C)(C)C)cc2)nc1. The zero-order chi connectivity index (χ0) is 20.9. The highest BCUT2D eigenvalue weighted by Gasteiger charge is 2.14. The lowest BCUT2D eigenvalue weighted by Gasteiger charge is -2.19. The quantitative estimate of drug-likeness (QED) is 0.665. The Bertz CT molecular complexity index is 929. The molecule has 5 nitrogen and oxygen atoms in total. The minimum atomic E-state index is -0.156. The molecule has 2 heterocycles. The van der Waals surface area contributed by atoms with Crippen molar-refractivity contribution in [2.75, 3.05) is 23.8 Å². The van der Waals surface area contributed by atoms with Crippen LogP contribution in [0.5, 0.6) is 0 Å². The third kappa shape index (κ3) is 5.64. The standard InChI is InChI=1S/C24H28N4O/c1-24(2,3)20-7-5-19(6-8-20)23(29)27-22-10-9-21(17-26-22)28(4)16-13-18-11-14-25-15-12-18/h5-12,14-15,17H,13,16H2,1-4H3,(H,26,27,29). The van der Waals surface area contributed by atoms with E-state index in [1.165, 1.54) is 11.1 Å². The van der Waals surface area contributed by atoms with Crippen LogP contribution in [0.3, 0.4) is 0 Å². The van der Waals surface area contributed by atoms with Gasteiger partial charge in [0, 0.05) is 31.5 Å². The number of carbonyl (C=O) groups excluding carboxylic acids is 1. The maximum absolute atomic E-state index is 12.5. The lowest BCUT2D eigenvalue weighted by atomic mass is 9.87. The summed E-state index contributed by atoms with van der Waals surface area (Å²) in [5.74, 6) is 0.387. The fraction of sp³-hybridized carbons (Fsp3) is 0.292. The first kappa shape index (κ1) is 20.5. The Morgan fingerprint density at radius 2 is 1.69 bits per heavy atom. The molecule has 1 N–H and O–H groups in total. The van der Waals surface area contributed by atoms with E-state index in [9.17, 15) is 4.79 Å². The first-order chi connectivity index (χ1) is 13.8. The number of nitrogens with zero attached hydrogens (tertiary/aromatic N) is 3. The van der Waals surface area contributed by atoms with Crippen molar-refractivity contribution in [3.05, 3.63) is 83.8 Å². The fourth-order valence-corrected chi connectivity index (χ4v) is 2.97. The number of nitrogens with one attached hydrogen (secondary N) is 1. The van der Waals surface area contributed by atoms with E-state index in [1.807, 2.05) is 68.0 Å². The normalized spacial score (nSPS) is 11.2. The lowest BCUT2D eigenvalue weighted by Crippen LogP contribution is -2.20. The number of hydrogen-bond donors (Lipinski definition) is 1. The van der Waals surface area contributed by atoms with Gasteiger partial charge in [0.1, 0.15) is 5.82 Å². The van der Waals surface area contributed by atoms with E-state index < -0.39 is 0 Å². The van der Waals surface area contributed by atoms with Crippen LogP contribution in [0.4, 0.5) is 11.5 Å². The Morgan fingerprint density at radius 3 is 2.28 bits per heavy atom. The predicted octanol–water partition coefficient (Wildman–Crippen LogP) is 4.71. The Hall–Kier alpha value is -3.21. The molecule has 1 amide bonds. The molecule has 0 aliphatic carbocycles. The van der Waals surface area contributed by atoms with Crippen LogP contribution in [0, 0.1) is 0 Å². The van der Waals surface area contributed by atoms with Crippen molar-refractivity contribution in [1.82, 2.24) is 9.97 Å². The third-order valence-electron chi connectivity index (χ3n) is 4.93. The molecule has 0 bridgehead atoms. The summed E-state index contributed by atoms with van der Waals surface area (Å²) in [6.07, 6.45) is 6.34. The number of anilines is 2. The van der Waals surface area contributed by atoms with Crippen molar-refractivity contribution in [2.45, 2.75) is 32.6 Å². The number of benzene rings is 1. The Balaban J connectivity index is 1.57. The van der Waals surface area contributed by atoms with Gasteiger partial charge < -0.3 is 10.2 Å². The van der Waals surface area contributed by atoms with Crippen molar-refractivity contribution < 1.29 is 4.79 Å². The molecule has 3 rings (SSSR count). The maximum Gasteiger partial charge on any atom is 0.256 e. The number of pyridine rings is 2. The van der Waals surface area contributed by atoms with E-state index in [2.05, 4.69) is 41.0 Å². The highest BCUT2D eigenvalue weighted by molar-refractivity contribution is 6.03. The molecule has 2 aromatic heterocycles. The molecule has 3 aromatic rings. The zero-order valence-electron chi connectivity index (χ0n) is 17.5. The van der Waals surface area contributed by atoms with E-state index in [-0.39, 0.29) is 11.3 Å². The molecule has 150 valence electrons. The molecule has 0 aliphatic rings. The monoisotopic (exact) mass is 388 g/mol. The summed E-state index contributed by atoms with van der Waals surface area (Å²) in [7, 11) is 2.03. The molecule has 0 saturated carbocycles. The van der Waals surface area contributed by atoms with Gasteiger partial charge in [-0.3, -0.25) is 9.78 Å². The summed E-state index contributed by atoms with van der Waals surface area (Å²) < 4.78 is 0. The van der Waals surface area contributed by atoms with E-state index in [0.717, 1.165) is 18.7 Å². The van der Waals surface area contributed by atoms with Crippen LogP contribution in [0.25, 0.3) is 0 Å². The largest absolute Gasteiger partial charge is 0.373 e. The summed E-state index contributed by atoms with van der Waals surface area (Å²) in [6, 6.07) is 15.6. The Kier molecular flexibility index (Phi) is 6.27. The smallest absolute Gasteiger partial charge is 0.256 e. The van der Waals surface area contributed by atoms with Gasteiger partial charge in [0.2, 0.25) is 0 Å². The molecule has 0 spiro atoms. The molecule has 0 saturated heterocycles. The predicted molar refractivity (Wildman–Crippen MR) is 119 cm³/mol. The molecule has 1 aromatic carbocycles. The van der Waals surface area contributed by atoms with Crippen LogP contribution in [0.15, 0.2) is 67.1 Å². The lowest BCUT2D eigenvalue weighted by molar-refractivity contribution is 0.102. The second-order valence-corrected chi connectivity index (χ2v) is 8.21. The van der Waals surface area contributed by atoms with Gasteiger partial charge in [-0.2, -0.15) is 0 Å². The fourth-order valence-electron chi connectivity index (χ4n) is 2.97. The van der Waals surface area contributed by atoms with Crippen molar-refractivity contribution >= 4 is 17.4 Å². The van der Waals surface area contributed by atoms with Crippen LogP contribution in [0.2, 0.25) is 0 Å². The molecule has 5 heteroatoms.